The Hall–Kier alpha value is -2.39. The van der Waals surface area contributed by atoms with Crippen molar-refractivity contribution in [2.75, 3.05) is 0 Å². The Balaban J connectivity index is 1.68. The zero-order valence-electron chi connectivity index (χ0n) is 13.4. The summed E-state index contributed by atoms with van der Waals surface area (Å²) in [6.07, 6.45) is 1.93. The molecule has 2 aromatic carbocycles. The molecule has 2 N–H and O–H groups in total. The number of amides is 1. The van der Waals surface area contributed by atoms with Gasteiger partial charge in [0.1, 0.15) is 4.90 Å². The number of hydrogen-bond donors (Lipinski definition) is 2. The molecule has 0 unspecified atom stereocenters. The maximum Gasteiger partial charge on any atom is 0.251 e. The molecule has 138 valence electrons. The molecule has 0 heterocycles. The predicted octanol–water partition coefficient (Wildman–Crippen LogP) is 2.47. The maximum atomic E-state index is 13.7. The van der Waals surface area contributed by atoms with Gasteiger partial charge in [-0.2, -0.15) is 0 Å². The monoisotopic (exact) mass is 384 g/mol. The average molecular weight is 384 g/mol. The summed E-state index contributed by atoms with van der Waals surface area (Å²) in [5, 5.41) is 2.83. The topological polar surface area (TPSA) is 75.3 Å². The van der Waals surface area contributed by atoms with Crippen LogP contribution < -0.4 is 10.0 Å². The van der Waals surface area contributed by atoms with Crippen LogP contribution in [0.2, 0.25) is 0 Å². The molecule has 1 aliphatic carbocycles. The molecule has 5 nitrogen and oxygen atoms in total. The summed E-state index contributed by atoms with van der Waals surface area (Å²) in [4.78, 5) is 10.9. The van der Waals surface area contributed by atoms with Crippen molar-refractivity contribution in [1.82, 2.24) is 10.0 Å². The molecule has 0 aliphatic heterocycles. The van der Waals surface area contributed by atoms with E-state index in [-0.39, 0.29) is 18.5 Å². The molecule has 2 aromatic rings. The lowest BCUT2D eigenvalue weighted by Crippen LogP contribution is -2.26. The molecule has 1 amide bonds. The van der Waals surface area contributed by atoms with Crippen molar-refractivity contribution in [3.63, 3.8) is 0 Å². The lowest BCUT2D eigenvalue weighted by atomic mass is 10.1. The van der Waals surface area contributed by atoms with Crippen molar-refractivity contribution in [2.24, 2.45) is 0 Å². The van der Waals surface area contributed by atoms with Gasteiger partial charge in [0.2, 0.25) is 10.0 Å². The fraction of sp³-hybridized carbons (Fsp3) is 0.235. The molecule has 1 fully saturated rings. The van der Waals surface area contributed by atoms with Crippen LogP contribution in [0.3, 0.4) is 0 Å². The van der Waals surface area contributed by atoms with Gasteiger partial charge in [-0.05, 0) is 42.7 Å². The minimum Gasteiger partial charge on any atom is -0.349 e. The van der Waals surface area contributed by atoms with Crippen molar-refractivity contribution >= 4 is 15.9 Å². The summed E-state index contributed by atoms with van der Waals surface area (Å²) < 4.78 is 66.1. The first-order valence-corrected chi connectivity index (χ1v) is 9.29. The first kappa shape index (κ1) is 18.4. The van der Waals surface area contributed by atoms with Crippen LogP contribution in [0.1, 0.15) is 28.8 Å². The van der Waals surface area contributed by atoms with E-state index >= 15 is 0 Å². The summed E-state index contributed by atoms with van der Waals surface area (Å²) >= 11 is 0. The minimum absolute atomic E-state index is 0.203. The third-order valence-corrected chi connectivity index (χ3v) is 5.30. The van der Waals surface area contributed by atoms with Gasteiger partial charge in [-0.3, -0.25) is 4.79 Å². The van der Waals surface area contributed by atoms with Crippen molar-refractivity contribution in [3.05, 3.63) is 65.0 Å². The zero-order valence-corrected chi connectivity index (χ0v) is 14.2. The van der Waals surface area contributed by atoms with Crippen LogP contribution in [-0.4, -0.2) is 20.4 Å². The molecule has 0 spiro atoms. The molecule has 0 bridgehead atoms. The Kier molecular flexibility index (Phi) is 5.01. The highest BCUT2D eigenvalue weighted by Gasteiger charge is 2.25. The first-order valence-electron chi connectivity index (χ1n) is 7.81. The van der Waals surface area contributed by atoms with Crippen LogP contribution in [0.5, 0.6) is 0 Å². The second-order valence-electron chi connectivity index (χ2n) is 5.94. The summed E-state index contributed by atoms with van der Waals surface area (Å²) in [7, 11) is -4.37. The van der Waals surface area contributed by atoms with E-state index in [0.717, 1.165) is 12.8 Å². The fourth-order valence-corrected chi connectivity index (χ4v) is 3.33. The molecular weight excluding hydrogens is 369 g/mol. The number of sulfonamides is 1. The van der Waals surface area contributed by atoms with Crippen LogP contribution in [-0.2, 0) is 16.6 Å². The highest BCUT2D eigenvalue weighted by molar-refractivity contribution is 7.89. The molecule has 1 aliphatic rings. The molecule has 3 rings (SSSR count). The van der Waals surface area contributed by atoms with Crippen molar-refractivity contribution < 1.29 is 26.4 Å². The number of hydrogen-bond acceptors (Lipinski definition) is 3. The summed E-state index contributed by atoms with van der Waals surface area (Å²) in [6, 6.07) is 7.60. The Morgan fingerprint density at radius 1 is 1.00 bits per heavy atom. The van der Waals surface area contributed by atoms with Crippen LogP contribution in [0, 0.1) is 17.5 Å². The van der Waals surface area contributed by atoms with Crippen LogP contribution in [0.4, 0.5) is 13.2 Å². The maximum absolute atomic E-state index is 13.7. The second-order valence-corrected chi connectivity index (χ2v) is 7.68. The average Bonchev–Trinajstić information content (AvgIpc) is 3.42. The molecule has 0 saturated heterocycles. The van der Waals surface area contributed by atoms with Gasteiger partial charge >= 0.3 is 0 Å². The Morgan fingerprint density at radius 2 is 1.65 bits per heavy atom. The molecular formula is C17H15F3N2O3S. The van der Waals surface area contributed by atoms with E-state index < -0.39 is 32.4 Å². The van der Waals surface area contributed by atoms with E-state index in [1.165, 1.54) is 0 Å². The number of carbonyl (C=O) groups is 1. The van der Waals surface area contributed by atoms with Crippen molar-refractivity contribution in [3.8, 4) is 0 Å². The van der Waals surface area contributed by atoms with E-state index in [2.05, 4.69) is 10.0 Å². The fourth-order valence-electron chi connectivity index (χ4n) is 2.24. The quantitative estimate of drug-likeness (QED) is 0.752. The van der Waals surface area contributed by atoms with Gasteiger partial charge < -0.3 is 5.32 Å². The normalized spacial score (nSPS) is 14.3. The van der Waals surface area contributed by atoms with Crippen molar-refractivity contribution in [2.45, 2.75) is 30.3 Å². The lowest BCUT2D eigenvalue weighted by Gasteiger charge is -2.09. The Morgan fingerprint density at radius 3 is 2.27 bits per heavy atom. The summed E-state index contributed by atoms with van der Waals surface area (Å²) in [6.45, 7) is -0.203. The van der Waals surface area contributed by atoms with Gasteiger partial charge in [-0.1, -0.05) is 12.1 Å². The van der Waals surface area contributed by atoms with Gasteiger partial charge in [0.15, 0.2) is 17.5 Å². The first-order chi connectivity index (χ1) is 12.3. The van der Waals surface area contributed by atoms with Gasteiger partial charge in [0.25, 0.3) is 5.91 Å². The van der Waals surface area contributed by atoms with E-state index in [0.29, 0.717) is 23.3 Å². The van der Waals surface area contributed by atoms with Crippen molar-refractivity contribution in [1.29, 1.82) is 0 Å². The molecule has 26 heavy (non-hydrogen) atoms. The van der Waals surface area contributed by atoms with Crippen LogP contribution in [0.15, 0.2) is 41.3 Å². The number of benzene rings is 2. The molecule has 9 heteroatoms. The second kappa shape index (κ2) is 7.08. The SMILES string of the molecule is O=C(NC1CC1)c1ccc(CNS(=O)(=O)c2ccc(F)c(F)c2F)cc1. The highest BCUT2D eigenvalue weighted by Crippen LogP contribution is 2.20. The predicted molar refractivity (Wildman–Crippen MR) is 87.3 cm³/mol. The Labute approximate surface area is 148 Å². The minimum atomic E-state index is -4.37. The third kappa shape index (κ3) is 4.05. The van der Waals surface area contributed by atoms with Crippen LogP contribution in [0.25, 0.3) is 0 Å². The summed E-state index contributed by atoms with van der Waals surface area (Å²) in [5.41, 5.74) is 0.953. The highest BCUT2D eigenvalue weighted by atomic mass is 32.2. The van der Waals surface area contributed by atoms with Crippen LogP contribution >= 0.6 is 0 Å². The number of halogens is 3. The molecule has 0 atom stereocenters. The smallest absolute Gasteiger partial charge is 0.251 e. The molecule has 0 aromatic heterocycles. The van der Waals surface area contributed by atoms with E-state index in [4.69, 9.17) is 0 Å². The number of rotatable bonds is 6. The largest absolute Gasteiger partial charge is 0.349 e. The molecule has 0 radical (unpaired) electrons. The zero-order chi connectivity index (χ0) is 18.9. The third-order valence-electron chi connectivity index (χ3n) is 3.88. The van der Waals surface area contributed by atoms with Gasteiger partial charge in [0.05, 0.1) is 0 Å². The summed E-state index contributed by atoms with van der Waals surface area (Å²) in [5.74, 6) is -5.30. The molecule has 1 saturated carbocycles. The van der Waals surface area contributed by atoms with E-state index in [1.807, 2.05) is 0 Å². The van der Waals surface area contributed by atoms with E-state index in [9.17, 15) is 26.4 Å². The van der Waals surface area contributed by atoms with Gasteiger partial charge in [0, 0.05) is 18.2 Å². The lowest BCUT2D eigenvalue weighted by molar-refractivity contribution is 0.0951. The Bertz CT molecular complexity index is 942. The number of carbonyl (C=O) groups excluding carboxylic acids is 1. The standard InChI is InChI=1S/C17H15F3N2O3S/c18-13-7-8-14(16(20)15(13)19)26(24,25)21-9-10-1-3-11(4-2-10)17(23)22-12-5-6-12/h1-4,7-8,12,21H,5-6,9H2,(H,22,23). The number of nitrogens with one attached hydrogen (secondary N) is 2. The van der Waals surface area contributed by atoms with E-state index in [1.54, 1.807) is 24.3 Å². The van der Waals surface area contributed by atoms with Gasteiger partial charge in [-0.15, -0.1) is 0 Å². The van der Waals surface area contributed by atoms with Gasteiger partial charge in [-0.25, -0.2) is 26.3 Å².